The molecule has 9 heteroatoms. The first-order valence-corrected chi connectivity index (χ1v) is 12.1. The van der Waals surface area contributed by atoms with E-state index in [1.165, 1.54) is 11.3 Å². The van der Waals surface area contributed by atoms with Crippen molar-refractivity contribution in [1.29, 1.82) is 0 Å². The van der Waals surface area contributed by atoms with E-state index in [1.54, 1.807) is 25.3 Å². The summed E-state index contributed by atoms with van der Waals surface area (Å²) in [6.07, 6.45) is 0. The second-order valence-electron chi connectivity index (χ2n) is 6.36. The molecule has 0 aliphatic rings. The number of benzene rings is 2. The van der Waals surface area contributed by atoms with Crippen LogP contribution in [0.15, 0.2) is 53.0 Å². The minimum atomic E-state index is -3.60. The van der Waals surface area contributed by atoms with Gasteiger partial charge < -0.3 is 10.1 Å². The standard InChI is InChI=1S/C20H19BrN2O4S2/c1-13-19(15-6-8-17(27-2)9-7-15)23-20(28-13)22-18(24)12-29(25,26)11-14-4-3-5-16(21)10-14/h3-10H,11-12H2,1-2H3,(H,22,23,24). The Labute approximate surface area is 182 Å². The van der Waals surface area contributed by atoms with Gasteiger partial charge in [-0.1, -0.05) is 28.1 Å². The predicted molar refractivity (Wildman–Crippen MR) is 119 cm³/mol. The number of amides is 1. The van der Waals surface area contributed by atoms with E-state index in [1.807, 2.05) is 37.3 Å². The number of thiazole rings is 1. The fourth-order valence-corrected chi connectivity index (χ4v) is 5.31. The molecule has 3 aromatic rings. The van der Waals surface area contributed by atoms with Gasteiger partial charge in [-0.25, -0.2) is 13.4 Å². The highest BCUT2D eigenvalue weighted by molar-refractivity contribution is 9.10. The topological polar surface area (TPSA) is 85.4 Å². The molecule has 0 bridgehead atoms. The van der Waals surface area contributed by atoms with E-state index in [9.17, 15) is 13.2 Å². The number of halogens is 1. The van der Waals surface area contributed by atoms with Crippen molar-refractivity contribution in [3.63, 3.8) is 0 Å². The quantitative estimate of drug-likeness (QED) is 0.524. The van der Waals surface area contributed by atoms with Crippen molar-refractivity contribution in [1.82, 2.24) is 4.98 Å². The fraction of sp³-hybridized carbons (Fsp3) is 0.200. The van der Waals surface area contributed by atoms with Crippen LogP contribution in [0.5, 0.6) is 5.75 Å². The summed E-state index contributed by atoms with van der Waals surface area (Å²) in [4.78, 5) is 17.6. The number of hydrogen-bond acceptors (Lipinski definition) is 6. The van der Waals surface area contributed by atoms with E-state index >= 15 is 0 Å². The van der Waals surface area contributed by atoms with Crippen LogP contribution in [0.3, 0.4) is 0 Å². The Balaban J connectivity index is 1.67. The molecule has 2 aromatic carbocycles. The van der Waals surface area contributed by atoms with Gasteiger partial charge >= 0.3 is 0 Å². The van der Waals surface area contributed by atoms with Gasteiger partial charge in [-0.05, 0) is 48.9 Å². The first-order chi connectivity index (χ1) is 13.8. The molecule has 0 saturated carbocycles. The van der Waals surface area contributed by atoms with Gasteiger partial charge in [-0.2, -0.15) is 0 Å². The molecule has 6 nitrogen and oxygen atoms in total. The summed E-state index contributed by atoms with van der Waals surface area (Å²) >= 11 is 4.62. The predicted octanol–water partition coefficient (Wildman–Crippen LogP) is 4.44. The van der Waals surface area contributed by atoms with Crippen molar-refractivity contribution in [2.24, 2.45) is 0 Å². The highest BCUT2D eigenvalue weighted by Gasteiger charge is 2.19. The maximum atomic E-state index is 12.4. The fourth-order valence-electron chi connectivity index (χ4n) is 2.75. The van der Waals surface area contributed by atoms with Crippen LogP contribution in [0.25, 0.3) is 11.3 Å². The van der Waals surface area contributed by atoms with Gasteiger partial charge in [0.05, 0.1) is 18.6 Å². The summed E-state index contributed by atoms with van der Waals surface area (Å²) < 4.78 is 30.7. The molecule has 0 unspecified atom stereocenters. The van der Waals surface area contributed by atoms with Gasteiger partial charge in [-0.3, -0.25) is 4.79 Å². The Kier molecular flexibility index (Phi) is 6.71. The van der Waals surface area contributed by atoms with Crippen molar-refractivity contribution >= 4 is 48.1 Å². The average Bonchev–Trinajstić information content (AvgIpc) is 3.00. The zero-order chi connectivity index (χ0) is 21.0. The molecule has 0 atom stereocenters. The van der Waals surface area contributed by atoms with Crippen molar-refractivity contribution < 1.29 is 17.9 Å². The summed E-state index contributed by atoms with van der Waals surface area (Å²) in [5.74, 6) is -0.662. The van der Waals surface area contributed by atoms with Crippen molar-refractivity contribution in [2.75, 3.05) is 18.2 Å². The van der Waals surface area contributed by atoms with E-state index in [0.717, 1.165) is 26.4 Å². The number of nitrogens with zero attached hydrogens (tertiary/aromatic N) is 1. The second kappa shape index (κ2) is 9.06. The Hall–Kier alpha value is -2.23. The van der Waals surface area contributed by atoms with Crippen molar-refractivity contribution in [3.05, 3.63) is 63.4 Å². The number of rotatable bonds is 7. The highest BCUT2D eigenvalue weighted by atomic mass is 79.9. The minimum absolute atomic E-state index is 0.201. The lowest BCUT2D eigenvalue weighted by Gasteiger charge is -2.05. The molecule has 0 spiro atoms. The monoisotopic (exact) mass is 494 g/mol. The number of ether oxygens (including phenoxy) is 1. The first-order valence-electron chi connectivity index (χ1n) is 8.62. The van der Waals surface area contributed by atoms with Crippen LogP contribution < -0.4 is 10.1 Å². The number of sulfone groups is 1. The molecule has 1 heterocycles. The third-order valence-electron chi connectivity index (χ3n) is 4.03. The molecular formula is C20H19BrN2O4S2. The smallest absolute Gasteiger partial charge is 0.241 e. The summed E-state index contributed by atoms with van der Waals surface area (Å²) in [7, 11) is -2.01. The van der Waals surface area contributed by atoms with Crippen LogP contribution in [0.1, 0.15) is 10.4 Å². The molecule has 0 aliphatic heterocycles. The maximum Gasteiger partial charge on any atom is 0.241 e. The summed E-state index contributed by atoms with van der Waals surface area (Å²) in [5, 5.41) is 2.98. The van der Waals surface area contributed by atoms with Crippen molar-refractivity contribution in [3.8, 4) is 17.0 Å². The summed E-state index contributed by atoms with van der Waals surface area (Å²) in [5.41, 5.74) is 2.26. The summed E-state index contributed by atoms with van der Waals surface area (Å²) in [6.45, 7) is 1.90. The number of anilines is 1. The minimum Gasteiger partial charge on any atom is -0.497 e. The molecule has 29 heavy (non-hydrogen) atoms. The van der Waals surface area contributed by atoms with Crippen LogP contribution in [-0.2, 0) is 20.4 Å². The molecular weight excluding hydrogens is 476 g/mol. The number of aryl methyl sites for hydroxylation is 1. The first kappa shape index (κ1) is 21.5. The Morgan fingerprint density at radius 3 is 2.59 bits per heavy atom. The summed E-state index contributed by atoms with van der Waals surface area (Å²) in [6, 6.07) is 14.4. The van der Waals surface area contributed by atoms with E-state index in [4.69, 9.17) is 4.74 Å². The number of carbonyl (C=O) groups excluding carboxylic acids is 1. The van der Waals surface area contributed by atoms with Gasteiger partial charge in [-0.15, -0.1) is 11.3 Å². The van der Waals surface area contributed by atoms with Gasteiger partial charge in [0, 0.05) is 14.9 Å². The van der Waals surface area contributed by atoms with Crippen LogP contribution in [0, 0.1) is 6.92 Å². The molecule has 1 N–H and O–H groups in total. The van der Waals surface area contributed by atoms with E-state index in [-0.39, 0.29) is 5.75 Å². The zero-order valence-electron chi connectivity index (χ0n) is 15.8. The lowest BCUT2D eigenvalue weighted by molar-refractivity contribution is -0.113. The molecule has 0 fully saturated rings. The Morgan fingerprint density at radius 2 is 1.93 bits per heavy atom. The van der Waals surface area contributed by atoms with Crippen LogP contribution in [0.4, 0.5) is 5.13 Å². The molecule has 0 saturated heterocycles. The van der Waals surface area contributed by atoms with Gasteiger partial charge in [0.15, 0.2) is 15.0 Å². The molecule has 0 radical (unpaired) electrons. The number of nitrogens with one attached hydrogen (secondary N) is 1. The largest absolute Gasteiger partial charge is 0.497 e. The van der Waals surface area contributed by atoms with E-state index in [2.05, 4.69) is 26.2 Å². The molecule has 3 rings (SSSR count). The maximum absolute atomic E-state index is 12.4. The van der Waals surface area contributed by atoms with E-state index < -0.39 is 21.5 Å². The van der Waals surface area contributed by atoms with Crippen LogP contribution in [0.2, 0.25) is 0 Å². The third kappa shape index (κ3) is 5.88. The second-order valence-corrected chi connectivity index (χ2v) is 10.5. The van der Waals surface area contributed by atoms with Gasteiger partial charge in [0.2, 0.25) is 5.91 Å². The lowest BCUT2D eigenvalue weighted by Crippen LogP contribution is -2.23. The van der Waals surface area contributed by atoms with E-state index in [0.29, 0.717) is 10.7 Å². The van der Waals surface area contributed by atoms with Crippen molar-refractivity contribution in [2.45, 2.75) is 12.7 Å². The average molecular weight is 495 g/mol. The molecule has 152 valence electrons. The third-order valence-corrected chi connectivity index (χ3v) is 6.89. The molecule has 1 aromatic heterocycles. The van der Waals surface area contributed by atoms with Crippen LogP contribution in [-0.4, -0.2) is 32.2 Å². The highest BCUT2D eigenvalue weighted by Crippen LogP contribution is 2.31. The number of hydrogen-bond donors (Lipinski definition) is 1. The lowest BCUT2D eigenvalue weighted by atomic mass is 10.1. The van der Waals surface area contributed by atoms with Gasteiger partial charge in [0.1, 0.15) is 11.5 Å². The number of methoxy groups -OCH3 is 1. The number of aromatic nitrogens is 1. The Morgan fingerprint density at radius 1 is 1.21 bits per heavy atom. The SMILES string of the molecule is COc1ccc(-c2nc(NC(=O)CS(=O)(=O)Cc3cccc(Br)c3)sc2C)cc1. The van der Waals surface area contributed by atoms with Crippen LogP contribution >= 0.6 is 27.3 Å². The normalized spacial score (nSPS) is 11.3. The Bertz CT molecular complexity index is 1130. The number of carbonyl (C=O) groups is 1. The molecule has 1 amide bonds. The van der Waals surface area contributed by atoms with Gasteiger partial charge in [0.25, 0.3) is 0 Å². The zero-order valence-corrected chi connectivity index (χ0v) is 19.0. The molecule has 0 aliphatic carbocycles.